The molecule has 8 nitrogen and oxygen atoms in total. The van der Waals surface area contributed by atoms with E-state index in [0.717, 1.165) is 9.87 Å². The molecule has 0 saturated carbocycles. The number of methoxy groups -OCH3 is 1. The van der Waals surface area contributed by atoms with Crippen molar-refractivity contribution in [2.75, 3.05) is 24.5 Å². The second-order valence-corrected chi connectivity index (χ2v) is 11.6. The summed E-state index contributed by atoms with van der Waals surface area (Å²) < 4.78 is 33.8. The molecule has 2 amide bonds. The third kappa shape index (κ3) is 7.74. The summed E-state index contributed by atoms with van der Waals surface area (Å²) in [5, 5.41) is 3.04. The average Bonchev–Trinajstić information content (AvgIpc) is 2.92. The number of halogens is 1. The van der Waals surface area contributed by atoms with E-state index in [9.17, 15) is 18.0 Å². The minimum Gasteiger partial charge on any atom is -0.495 e. The molecule has 39 heavy (non-hydrogen) atoms. The lowest BCUT2D eigenvalue weighted by atomic mass is 10.1. The van der Waals surface area contributed by atoms with Crippen LogP contribution in [0.3, 0.4) is 0 Å². The largest absolute Gasteiger partial charge is 0.495 e. The molecule has 10 heteroatoms. The molecule has 0 spiro atoms. The number of carbonyl (C=O) groups is 2. The number of ether oxygens (including phenoxy) is 1. The summed E-state index contributed by atoms with van der Waals surface area (Å²) in [4.78, 5) is 28.2. The predicted molar refractivity (Wildman–Crippen MR) is 154 cm³/mol. The maximum absolute atomic E-state index is 13.8. The lowest BCUT2D eigenvalue weighted by Gasteiger charge is -2.32. The van der Waals surface area contributed by atoms with Crippen LogP contribution in [0.25, 0.3) is 0 Å². The predicted octanol–water partition coefficient (Wildman–Crippen LogP) is 4.53. The van der Waals surface area contributed by atoms with Gasteiger partial charge in [0, 0.05) is 12.6 Å². The molecular weight excluding hydrogens is 538 g/mol. The highest BCUT2D eigenvalue weighted by atomic mass is 35.5. The topological polar surface area (TPSA) is 96.0 Å². The molecule has 3 aromatic carbocycles. The summed E-state index contributed by atoms with van der Waals surface area (Å²) >= 11 is 6.33. The van der Waals surface area contributed by atoms with Crippen LogP contribution in [0.2, 0.25) is 5.02 Å². The fraction of sp³-hybridized carbons (Fsp3) is 0.310. The van der Waals surface area contributed by atoms with E-state index in [0.29, 0.717) is 12.2 Å². The minimum atomic E-state index is -4.17. The lowest BCUT2D eigenvalue weighted by molar-refractivity contribution is -0.139. The van der Waals surface area contributed by atoms with Crippen molar-refractivity contribution in [3.8, 4) is 5.75 Å². The van der Waals surface area contributed by atoms with Gasteiger partial charge in [-0.25, -0.2) is 8.42 Å². The van der Waals surface area contributed by atoms with Gasteiger partial charge in [0.15, 0.2) is 0 Å². The SMILES string of the molecule is COc1ccc(N(CC(=O)N(CCc2ccccc2)C(C)C(=O)NC(C)C)S(=O)(=O)c2ccccc2)cc1Cl. The first-order valence-corrected chi connectivity index (χ1v) is 14.4. The maximum atomic E-state index is 13.8. The number of carbonyl (C=O) groups excluding carboxylic acids is 2. The maximum Gasteiger partial charge on any atom is 0.264 e. The van der Waals surface area contributed by atoms with Crippen LogP contribution in [0.1, 0.15) is 26.3 Å². The number of rotatable bonds is 12. The fourth-order valence-electron chi connectivity index (χ4n) is 4.03. The van der Waals surface area contributed by atoms with E-state index in [1.165, 1.54) is 36.3 Å². The molecular formula is C29H34ClN3O5S. The van der Waals surface area contributed by atoms with Gasteiger partial charge in [0.25, 0.3) is 10.0 Å². The normalized spacial score (nSPS) is 12.1. The van der Waals surface area contributed by atoms with Crippen molar-refractivity contribution in [3.05, 3.63) is 89.4 Å². The Hall–Kier alpha value is -3.56. The molecule has 0 heterocycles. The van der Waals surface area contributed by atoms with Crippen LogP contribution in [0.15, 0.2) is 83.8 Å². The van der Waals surface area contributed by atoms with Crippen molar-refractivity contribution in [1.29, 1.82) is 0 Å². The van der Waals surface area contributed by atoms with Gasteiger partial charge >= 0.3 is 0 Å². The van der Waals surface area contributed by atoms with E-state index in [-0.39, 0.29) is 34.1 Å². The summed E-state index contributed by atoms with van der Waals surface area (Å²) in [6.45, 7) is 5.00. The van der Waals surface area contributed by atoms with Crippen molar-refractivity contribution in [2.24, 2.45) is 0 Å². The van der Waals surface area contributed by atoms with E-state index in [1.54, 1.807) is 31.2 Å². The van der Waals surface area contributed by atoms with Crippen LogP contribution >= 0.6 is 11.6 Å². The molecule has 208 valence electrons. The minimum absolute atomic E-state index is 0.0196. The number of nitrogens with one attached hydrogen (secondary N) is 1. The molecule has 0 aromatic heterocycles. The number of amides is 2. The fourth-order valence-corrected chi connectivity index (χ4v) is 5.71. The van der Waals surface area contributed by atoms with E-state index in [1.807, 2.05) is 44.2 Å². The van der Waals surface area contributed by atoms with Crippen molar-refractivity contribution in [2.45, 2.75) is 44.2 Å². The zero-order valence-electron chi connectivity index (χ0n) is 22.5. The summed E-state index contributed by atoms with van der Waals surface area (Å²) in [5.41, 5.74) is 1.18. The molecule has 0 aliphatic carbocycles. The van der Waals surface area contributed by atoms with Crippen LogP contribution in [-0.2, 0) is 26.0 Å². The summed E-state index contributed by atoms with van der Waals surface area (Å²) in [6.07, 6.45) is 0.492. The zero-order chi connectivity index (χ0) is 28.6. The van der Waals surface area contributed by atoms with Gasteiger partial charge in [0.05, 0.1) is 22.7 Å². The van der Waals surface area contributed by atoms with Crippen LogP contribution in [0.4, 0.5) is 5.69 Å². The lowest BCUT2D eigenvalue weighted by Crippen LogP contribution is -2.53. The first-order valence-electron chi connectivity index (χ1n) is 12.6. The zero-order valence-corrected chi connectivity index (χ0v) is 24.1. The Kier molecular flexibility index (Phi) is 10.4. The smallest absolute Gasteiger partial charge is 0.264 e. The van der Waals surface area contributed by atoms with Crippen molar-refractivity contribution >= 4 is 39.1 Å². The standard InChI is InChI=1S/C29H34ClN3O5S/c1-21(2)31-29(35)22(3)32(18-17-23-11-7-5-8-12-23)28(34)20-33(24-15-16-27(38-4)26(30)19-24)39(36,37)25-13-9-6-10-14-25/h5-16,19,21-22H,17-18,20H2,1-4H3,(H,31,35). The van der Waals surface area contributed by atoms with Crippen LogP contribution in [0.5, 0.6) is 5.75 Å². The van der Waals surface area contributed by atoms with E-state index in [4.69, 9.17) is 16.3 Å². The van der Waals surface area contributed by atoms with Gasteiger partial charge in [-0.2, -0.15) is 0 Å². The quantitative estimate of drug-likeness (QED) is 0.345. The van der Waals surface area contributed by atoms with Crippen molar-refractivity contribution < 1.29 is 22.7 Å². The Labute approximate surface area is 235 Å². The highest BCUT2D eigenvalue weighted by molar-refractivity contribution is 7.92. The summed E-state index contributed by atoms with van der Waals surface area (Å²) in [5.74, 6) is -0.479. The summed E-state index contributed by atoms with van der Waals surface area (Å²) in [7, 11) is -2.71. The number of sulfonamides is 1. The number of anilines is 1. The van der Waals surface area contributed by atoms with E-state index >= 15 is 0 Å². The van der Waals surface area contributed by atoms with Gasteiger partial charge in [-0.1, -0.05) is 60.1 Å². The second kappa shape index (κ2) is 13.5. The highest BCUT2D eigenvalue weighted by Gasteiger charge is 2.32. The molecule has 0 aliphatic rings. The van der Waals surface area contributed by atoms with Gasteiger partial charge in [0.1, 0.15) is 18.3 Å². The number of hydrogen-bond donors (Lipinski definition) is 1. The van der Waals surface area contributed by atoms with Crippen molar-refractivity contribution in [1.82, 2.24) is 10.2 Å². The summed E-state index contributed by atoms with van der Waals surface area (Å²) in [6, 6.07) is 21.0. The molecule has 1 unspecified atom stereocenters. The van der Waals surface area contributed by atoms with Gasteiger partial charge < -0.3 is 15.0 Å². The molecule has 0 aliphatic heterocycles. The molecule has 0 bridgehead atoms. The number of hydrogen-bond acceptors (Lipinski definition) is 5. The Morgan fingerprint density at radius 2 is 1.56 bits per heavy atom. The van der Waals surface area contributed by atoms with Gasteiger partial charge in [-0.3, -0.25) is 13.9 Å². The second-order valence-electron chi connectivity index (χ2n) is 9.31. The Balaban J connectivity index is 2.00. The molecule has 3 rings (SSSR count). The van der Waals surface area contributed by atoms with E-state index < -0.39 is 28.5 Å². The Morgan fingerprint density at radius 1 is 0.949 bits per heavy atom. The average molecular weight is 572 g/mol. The molecule has 3 aromatic rings. The molecule has 0 saturated heterocycles. The molecule has 0 radical (unpaired) electrons. The van der Waals surface area contributed by atoms with Gasteiger partial charge in [0.2, 0.25) is 11.8 Å². The van der Waals surface area contributed by atoms with Crippen LogP contribution in [-0.4, -0.2) is 57.4 Å². The highest BCUT2D eigenvalue weighted by Crippen LogP contribution is 2.32. The van der Waals surface area contributed by atoms with E-state index in [2.05, 4.69) is 5.32 Å². The van der Waals surface area contributed by atoms with Crippen molar-refractivity contribution in [3.63, 3.8) is 0 Å². The monoisotopic (exact) mass is 571 g/mol. The number of benzene rings is 3. The number of nitrogens with zero attached hydrogens (tertiary/aromatic N) is 2. The first kappa shape index (κ1) is 30.0. The first-order chi connectivity index (χ1) is 18.5. The Morgan fingerprint density at radius 3 is 2.13 bits per heavy atom. The molecule has 1 N–H and O–H groups in total. The van der Waals surface area contributed by atoms with Crippen LogP contribution < -0.4 is 14.4 Å². The Bertz CT molecular complexity index is 1370. The molecule has 1 atom stereocenters. The molecule has 0 fully saturated rings. The third-order valence-corrected chi connectivity index (χ3v) is 8.20. The van der Waals surface area contributed by atoms with Crippen LogP contribution in [0, 0.1) is 0 Å². The van der Waals surface area contributed by atoms with Gasteiger partial charge in [-0.15, -0.1) is 0 Å². The van der Waals surface area contributed by atoms with Gasteiger partial charge in [-0.05, 0) is 63.1 Å². The third-order valence-electron chi connectivity index (χ3n) is 6.12.